The first-order valence-electron chi connectivity index (χ1n) is 6.67. The normalized spacial score (nSPS) is 38.2. The third-order valence-electron chi connectivity index (χ3n) is 3.55. The Morgan fingerprint density at radius 3 is 1.11 bits per heavy atom. The number of rotatable bonds is 0. The van der Waals surface area contributed by atoms with E-state index in [9.17, 15) is 0 Å². The van der Waals surface area contributed by atoms with Gasteiger partial charge < -0.3 is 33.8 Å². The zero-order chi connectivity index (χ0) is 14.8. The average molecular weight is 352 g/mol. The second-order valence-electron chi connectivity index (χ2n) is 5.09. The van der Waals surface area contributed by atoms with Crippen LogP contribution in [0.5, 0.6) is 0 Å². The molecule has 19 heavy (non-hydrogen) atoms. The van der Waals surface area contributed by atoms with Crippen LogP contribution in [0.3, 0.4) is 0 Å². The van der Waals surface area contributed by atoms with Gasteiger partial charge in [0, 0.05) is 12.1 Å². The van der Waals surface area contributed by atoms with Crippen molar-refractivity contribution < 1.29 is 37.7 Å². The number of hydrogen-bond donors (Lipinski definition) is 5. The van der Waals surface area contributed by atoms with Gasteiger partial charge in [0.2, 0.25) is 0 Å². The number of aliphatic hydroxyl groups excluding tert-OH is 2. The number of aliphatic hydroxyl groups is 2. The minimum atomic E-state index is -0.190. The Hall–Kier alpha value is 0.483. The van der Waals surface area contributed by atoms with E-state index in [1.165, 1.54) is 12.8 Å². The SMILES string of the molecule is NC1CCC1O.NC1CCC1O.NC1[CH-]CC1.[O]=[Zr]. The minimum absolute atomic E-state index is 0.0880. The molecule has 3 rings (SSSR count). The molecule has 0 bridgehead atoms. The predicted octanol–water partition coefficient (Wildman–Crippen LogP) is -0.873. The summed E-state index contributed by atoms with van der Waals surface area (Å²) in [6.45, 7) is 0. The van der Waals surface area contributed by atoms with Crippen molar-refractivity contribution in [2.75, 3.05) is 0 Å². The van der Waals surface area contributed by atoms with Crippen molar-refractivity contribution in [3.8, 4) is 0 Å². The summed E-state index contributed by atoms with van der Waals surface area (Å²) in [6, 6.07) is 0.616. The molecule has 8 N–H and O–H groups in total. The van der Waals surface area contributed by atoms with Crippen molar-refractivity contribution in [1.29, 1.82) is 0 Å². The summed E-state index contributed by atoms with van der Waals surface area (Å²) >= 11 is 0.300. The van der Waals surface area contributed by atoms with Gasteiger partial charge in [-0.2, -0.15) is 6.42 Å². The second kappa shape index (κ2) is 11.2. The Balaban J connectivity index is 0.000000241. The fraction of sp³-hybridized carbons (Fsp3) is 0.917. The maximum absolute atomic E-state index is 8.59. The molecule has 3 aliphatic carbocycles. The van der Waals surface area contributed by atoms with Crippen molar-refractivity contribution in [3.63, 3.8) is 0 Å². The molecule has 0 radical (unpaired) electrons. The van der Waals surface area contributed by atoms with Gasteiger partial charge in [-0.3, -0.25) is 0 Å². The van der Waals surface area contributed by atoms with Crippen LogP contribution < -0.4 is 17.2 Å². The van der Waals surface area contributed by atoms with Crippen LogP contribution in [0.2, 0.25) is 0 Å². The van der Waals surface area contributed by atoms with Gasteiger partial charge in [-0.15, -0.1) is 6.04 Å². The fourth-order valence-electron chi connectivity index (χ4n) is 1.38. The van der Waals surface area contributed by atoms with Crippen LogP contribution in [-0.2, 0) is 27.5 Å². The van der Waals surface area contributed by atoms with E-state index in [1.807, 2.05) is 0 Å². The second-order valence-corrected chi connectivity index (χ2v) is 5.09. The van der Waals surface area contributed by atoms with Crippen molar-refractivity contribution >= 4 is 0 Å². The molecule has 5 unspecified atom stereocenters. The van der Waals surface area contributed by atoms with Crippen LogP contribution >= 0.6 is 0 Å². The zero-order valence-corrected chi connectivity index (χ0v) is 13.7. The van der Waals surface area contributed by atoms with Gasteiger partial charge >= 0.3 is 27.5 Å². The number of hydrogen-bond acceptors (Lipinski definition) is 6. The zero-order valence-electron chi connectivity index (χ0n) is 11.2. The standard InChI is InChI=1S/2C4H9NO.C4H8N.O.Zr/c2*5-3-1-2-4(3)6;5-4-2-1-3-4;;/h2*3-4,6H,1-2,5H2;2,4H,1,3,5H2;;/q;;-1;;. The molecular formula is C12H26N3O3Zr-. The maximum atomic E-state index is 8.59. The molecule has 0 amide bonds. The predicted molar refractivity (Wildman–Crippen MR) is 68.6 cm³/mol. The Kier molecular flexibility index (Phi) is 11.5. The molecule has 7 heteroatoms. The van der Waals surface area contributed by atoms with Gasteiger partial charge in [-0.05, 0) is 25.7 Å². The van der Waals surface area contributed by atoms with Gasteiger partial charge in [0.05, 0.1) is 12.2 Å². The summed E-state index contributed by atoms with van der Waals surface area (Å²) in [7, 11) is 0. The van der Waals surface area contributed by atoms with E-state index in [2.05, 4.69) is 6.42 Å². The molecule has 0 spiro atoms. The van der Waals surface area contributed by atoms with Gasteiger partial charge in [0.1, 0.15) is 0 Å². The monoisotopic (exact) mass is 350 g/mol. The van der Waals surface area contributed by atoms with E-state index in [0.29, 0.717) is 30.8 Å². The average Bonchev–Trinajstić information content (AvgIpc) is 2.44. The topological polar surface area (TPSA) is 136 Å². The van der Waals surface area contributed by atoms with E-state index in [-0.39, 0.29) is 24.3 Å². The van der Waals surface area contributed by atoms with E-state index in [1.54, 1.807) is 0 Å². The van der Waals surface area contributed by atoms with Crippen molar-refractivity contribution in [2.24, 2.45) is 17.2 Å². The summed E-state index contributed by atoms with van der Waals surface area (Å²) in [5, 5.41) is 17.2. The van der Waals surface area contributed by atoms with E-state index in [0.717, 1.165) is 25.7 Å². The molecule has 0 aliphatic heterocycles. The van der Waals surface area contributed by atoms with E-state index >= 15 is 0 Å². The first-order valence-corrected chi connectivity index (χ1v) is 7.67. The summed E-state index contributed by atoms with van der Waals surface area (Å²) in [4.78, 5) is 0. The Labute approximate surface area is 130 Å². The molecule has 0 aromatic rings. The first-order chi connectivity index (χ1) is 9.00. The molecule has 0 aromatic heterocycles. The van der Waals surface area contributed by atoms with Gasteiger partial charge in [0.25, 0.3) is 0 Å². The van der Waals surface area contributed by atoms with E-state index < -0.39 is 0 Å². The van der Waals surface area contributed by atoms with Gasteiger partial charge in [0.15, 0.2) is 0 Å². The molecule has 3 aliphatic rings. The van der Waals surface area contributed by atoms with Crippen LogP contribution in [0.4, 0.5) is 0 Å². The van der Waals surface area contributed by atoms with Crippen LogP contribution in [0.15, 0.2) is 0 Å². The van der Waals surface area contributed by atoms with Gasteiger partial charge in [-0.25, -0.2) is 0 Å². The third-order valence-corrected chi connectivity index (χ3v) is 3.55. The van der Waals surface area contributed by atoms with Crippen molar-refractivity contribution in [2.45, 2.75) is 68.9 Å². The van der Waals surface area contributed by atoms with Crippen LogP contribution in [0.1, 0.15) is 38.5 Å². The summed E-state index contributed by atoms with van der Waals surface area (Å²) in [5.74, 6) is 0. The first kappa shape index (κ1) is 19.5. The van der Waals surface area contributed by atoms with Gasteiger partial charge in [-0.1, -0.05) is 6.42 Å². The number of nitrogens with two attached hydrogens (primary N) is 3. The molecule has 6 nitrogen and oxygen atoms in total. The van der Waals surface area contributed by atoms with Crippen LogP contribution in [0, 0.1) is 6.42 Å². The van der Waals surface area contributed by atoms with Crippen molar-refractivity contribution in [1.82, 2.24) is 0 Å². The Bertz CT molecular complexity index is 200. The van der Waals surface area contributed by atoms with Crippen LogP contribution in [0.25, 0.3) is 0 Å². The summed E-state index contributed by atoms with van der Waals surface area (Å²) in [6.07, 6.45) is 8.00. The van der Waals surface area contributed by atoms with E-state index in [4.69, 9.17) is 30.2 Å². The molecule has 3 fully saturated rings. The fourth-order valence-corrected chi connectivity index (χ4v) is 1.38. The molecule has 5 atom stereocenters. The molecule has 0 heterocycles. The quantitative estimate of drug-likeness (QED) is 0.360. The summed E-state index contributed by atoms with van der Waals surface area (Å²) in [5.41, 5.74) is 15.9. The van der Waals surface area contributed by atoms with Crippen LogP contribution in [-0.4, -0.2) is 40.5 Å². The summed E-state index contributed by atoms with van der Waals surface area (Å²) < 4.78 is 8.34. The third kappa shape index (κ3) is 8.38. The molecular weight excluding hydrogens is 325 g/mol. The Morgan fingerprint density at radius 2 is 1.11 bits per heavy atom. The van der Waals surface area contributed by atoms with Crippen molar-refractivity contribution in [3.05, 3.63) is 6.42 Å². The molecule has 0 aromatic carbocycles. The Morgan fingerprint density at radius 1 is 0.842 bits per heavy atom. The molecule has 0 saturated heterocycles. The molecule has 3 saturated carbocycles. The molecule has 112 valence electrons.